The highest BCUT2D eigenvalue weighted by Gasteiger charge is 2.19. The minimum Gasteiger partial charge on any atom is -0.393 e. The van der Waals surface area contributed by atoms with Crippen LogP contribution < -0.4 is 0 Å². The van der Waals surface area contributed by atoms with Gasteiger partial charge >= 0.3 is 0 Å². The molecule has 0 amide bonds. The molecule has 0 spiro atoms. The number of rotatable bonds is 2. The average Bonchev–Trinajstić information content (AvgIpc) is 2.46. The Bertz CT molecular complexity index is 293. The van der Waals surface area contributed by atoms with Crippen molar-refractivity contribution >= 4 is 0 Å². The van der Waals surface area contributed by atoms with Crippen LogP contribution in [0.1, 0.15) is 37.0 Å². The Balaban J connectivity index is 2.18. The molecule has 0 fully saturated rings. The molecule has 0 aromatic carbocycles. The van der Waals surface area contributed by atoms with Crippen molar-refractivity contribution in [3.05, 3.63) is 17.2 Å². The van der Waals surface area contributed by atoms with Gasteiger partial charge in [0.25, 0.3) is 0 Å². The van der Waals surface area contributed by atoms with E-state index in [1.54, 1.807) is 0 Å². The molecule has 0 aliphatic heterocycles. The minimum atomic E-state index is -0.164. The first kappa shape index (κ1) is 8.75. The Labute approximate surface area is 78.2 Å². The molecule has 2 rings (SSSR count). The van der Waals surface area contributed by atoms with Crippen molar-refractivity contribution in [3.8, 4) is 0 Å². The van der Waals surface area contributed by atoms with Crippen LogP contribution in [0.2, 0.25) is 0 Å². The summed E-state index contributed by atoms with van der Waals surface area (Å²) in [7, 11) is 0. The number of aliphatic hydroxyl groups is 1. The fourth-order valence-electron chi connectivity index (χ4n) is 1.88. The van der Waals surface area contributed by atoms with Gasteiger partial charge in [0.15, 0.2) is 0 Å². The molecule has 1 aromatic rings. The van der Waals surface area contributed by atoms with Crippen LogP contribution in [0.3, 0.4) is 0 Å². The van der Waals surface area contributed by atoms with Gasteiger partial charge < -0.3 is 10.1 Å². The molecule has 0 saturated heterocycles. The topological polar surface area (TPSA) is 48.9 Å². The molecule has 1 atom stereocenters. The zero-order chi connectivity index (χ0) is 9.26. The van der Waals surface area contributed by atoms with Crippen LogP contribution in [0.15, 0.2) is 0 Å². The van der Waals surface area contributed by atoms with Crippen molar-refractivity contribution in [3.63, 3.8) is 0 Å². The zero-order valence-electron chi connectivity index (χ0n) is 8.01. The van der Waals surface area contributed by atoms with Gasteiger partial charge in [0, 0.05) is 18.5 Å². The largest absolute Gasteiger partial charge is 0.393 e. The van der Waals surface area contributed by atoms with Crippen LogP contribution in [0, 0.1) is 0 Å². The van der Waals surface area contributed by atoms with Crippen LogP contribution in [-0.2, 0) is 19.3 Å². The van der Waals surface area contributed by atoms with E-state index >= 15 is 0 Å². The summed E-state index contributed by atoms with van der Waals surface area (Å²) >= 11 is 0. The second kappa shape index (κ2) is 3.50. The van der Waals surface area contributed by atoms with Crippen molar-refractivity contribution in [1.29, 1.82) is 0 Å². The number of H-pyrrole nitrogens is 1. The lowest BCUT2D eigenvalue weighted by Gasteiger charge is -2.14. The number of aryl methyl sites for hydroxylation is 2. The average molecular weight is 180 g/mol. The molecule has 72 valence electrons. The number of fused-ring (bicyclic) bond motifs is 1. The first-order valence-corrected chi connectivity index (χ1v) is 5.04. The van der Waals surface area contributed by atoms with Gasteiger partial charge in [-0.25, -0.2) is 4.98 Å². The van der Waals surface area contributed by atoms with E-state index in [9.17, 15) is 5.11 Å². The van der Waals surface area contributed by atoms with Crippen molar-refractivity contribution in [2.45, 2.75) is 45.1 Å². The Morgan fingerprint density at radius 1 is 1.62 bits per heavy atom. The van der Waals surface area contributed by atoms with Gasteiger partial charge in [-0.05, 0) is 19.3 Å². The van der Waals surface area contributed by atoms with Crippen LogP contribution >= 0.6 is 0 Å². The van der Waals surface area contributed by atoms with E-state index in [0.29, 0.717) is 0 Å². The first-order chi connectivity index (χ1) is 6.29. The summed E-state index contributed by atoms with van der Waals surface area (Å²) < 4.78 is 0. The summed E-state index contributed by atoms with van der Waals surface area (Å²) in [5, 5.41) is 9.45. The molecule has 1 aromatic heterocycles. The molecule has 0 saturated carbocycles. The summed E-state index contributed by atoms with van der Waals surface area (Å²) in [4.78, 5) is 7.80. The van der Waals surface area contributed by atoms with E-state index in [-0.39, 0.29) is 6.10 Å². The SMILES string of the molecule is CCCc1nc2c([nH]1)CC(O)CC2. The Hall–Kier alpha value is -0.830. The fraction of sp³-hybridized carbons (Fsp3) is 0.700. The third-order valence-corrected chi connectivity index (χ3v) is 2.55. The number of nitrogens with zero attached hydrogens (tertiary/aromatic N) is 1. The predicted molar refractivity (Wildman–Crippen MR) is 50.6 cm³/mol. The van der Waals surface area contributed by atoms with Gasteiger partial charge in [0.1, 0.15) is 5.82 Å². The number of aromatic amines is 1. The van der Waals surface area contributed by atoms with E-state index in [0.717, 1.165) is 43.6 Å². The van der Waals surface area contributed by atoms with E-state index < -0.39 is 0 Å². The van der Waals surface area contributed by atoms with E-state index in [4.69, 9.17) is 0 Å². The standard InChI is InChI=1S/C10H16N2O/c1-2-3-10-11-8-5-4-7(13)6-9(8)12-10/h7,13H,2-6H2,1H3,(H,11,12). The maximum Gasteiger partial charge on any atom is 0.106 e. The molecule has 3 heteroatoms. The predicted octanol–water partition coefficient (Wildman–Crippen LogP) is 1.21. The number of nitrogens with one attached hydrogen (secondary N) is 1. The summed E-state index contributed by atoms with van der Waals surface area (Å²) in [5.74, 6) is 1.08. The summed E-state index contributed by atoms with van der Waals surface area (Å²) in [6, 6.07) is 0. The lowest BCUT2D eigenvalue weighted by molar-refractivity contribution is 0.157. The van der Waals surface area contributed by atoms with Gasteiger partial charge in [-0.2, -0.15) is 0 Å². The van der Waals surface area contributed by atoms with Crippen molar-refractivity contribution in [1.82, 2.24) is 9.97 Å². The summed E-state index contributed by atoms with van der Waals surface area (Å²) in [6.07, 6.45) is 4.52. The first-order valence-electron chi connectivity index (χ1n) is 5.04. The lowest BCUT2D eigenvalue weighted by atomic mass is 9.99. The molecule has 1 heterocycles. The van der Waals surface area contributed by atoms with Crippen molar-refractivity contribution in [2.24, 2.45) is 0 Å². The van der Waals surface area contributed by atoms with Gasteiger partial charge in [0.2, 0.25) is 0 Å². The van der Waals surface area contributed by atoms with Gasteiger partial charge in [-0.15, -0.1) is 0 Å². The normalized spacial score (nSPS) is 21.5. The Kier molecular flexibility index (Phi) is 2.36. The number of aromatic nitrogens is 2. The molecule has 1 unspecified atom stereocenters. The highest BCUT2D eigenvalue weighted by atomic mass is 16.3. The van der Waals surface area contributed by atoms with E-state index in [2.05, 4.69) is 16.9 Å². The molecule has 0 radical (unpaired) electrons. The molecule has 2 N–H and O–H groups in total. The van der Waals surface area contributed by atoms with E-state index in [1.807, 2.05) is 0 Å². The smallest absolute Gasteiger partial charge is 0.106 e. The lowest BCUT2D eigenvalue weighted by Crippen LogP contribution is -2.18. The molecule has 1 aliphatic carbocycles. The monoisotopic (exact) mass is 180 g/mol. The van der Waals surface area contributed by atoms with Crippen LogP contribution in [0.4, 0.5) is 0 Å². The molecule has 13 heavy (non-hydrogen) atoms. The van der Waals surface area contributed by atoms with Crippen molar-refractivity contribution < 1.29 is 5.11 Å². The van der Waals surface area contributed by atoms with Crippen molar-refractivity contribution in [2.75, 3.05) is 0 Å². The number of imidazole rings is 1. The summed E-state index contributed by atoms with van der Waals surface area (Å²) in [5.41, 5.74) is 2.33. The van der Waals surface area contributed by atoms with Crippen LogP contribution in [-0.4, -0.2) is 21.2 Å². The number of hydrogen-bond acceptors (Lipinski definition) is 2. The fourth-order valence-corrected chi connectivity index (χ4v) is 1.88. The van der Waals surface area contributed by atoms with Crippen LogP contribution in [0.25, 0.3) is 0 Å². The molecular weight excluding hydrogens is 164 g/mol. The van der Waals surface area contributed by atoms with Gasteiger partial charge in [-0.3, -0.25) is 0 Å². The molecule has 3 nitrogen and oxygen atoms in total. The van der Waals surface area contributed by atoms with Gasteiger partial charge in [-0.1, -0.05) is 6.92 Å². The second-order valence-corrected chi connectivity index (χ2v) is 3.76. The quantitative estimate of drug-likeness (QED) is 0.718. The van der Waals surface area contributed by atoms with E-state index in [1.165, 1.54) is 5.69 Å². The molecule has 0 bridgehead atoms. The number of aliphatic hydroxyl groups excluding tert-OH is 1. The Morgan fingerprint density at radius 2 is 2.46 bits per heavy atom. The second-order valence-electron chi connectivity index (χ2n) is 3.76. The van der Waals surface area contributed by atoms with Gasteiger partial charge in [0.05, 0.1) is 11.8 Å². The number of hydrogen-bond donors (Lipinski definition) is 2. The third kappa shape index (κ3) is 1.75. The highest BCUT2D eigenvalue weighted by molar-refractivity contribution is 5.19. The third-order valence-electron chi connectivity index (χ3n) is 2.55. The van der Waals surface area contributed by atoms with Crippen LogP contribution in [0.5, 0.6) is 0 Å². The molecular formula is C10H16N2O. The maximum atomic E-state index is 9.45. The highest BCUT2D eigenvalue weighted by Crippen LogP contribution is 2.19. The summed E-state index contributed by atoms with van der Waals surface area (Å²) in [6.45, 7) is 2.15. The molecule has 1 aliphatic rings. The Morgan fingerprint density at radius 3 is 3.23 bits per heavy atom. The zero-order valence-corrected chi connectivity index (χ0v) is 8.01. The minimum absolute atomic E-state index is 0.164. The maximum absolute atomic E-state index is 9.45.